The Kier molecular flexibility index (Phi) is 4.99. The van der Waals surface area contributed by atoms with E-state index in [1.807, 2.05) is 24.0 Å². The molecule has 9 heteroatoms. The average Bonchev–Trinajstić information content (AvgIpc) is 2.81. The molecule has 0 N–H and O–H groups in total. The summed E-state index contributed by atoms with van der Waals surface area (Å²) in [4.78, 5) is 7.96. The Bertz CT molecular complexity index is 736. The number of alkyl halides is 3. The fraction of sp³-hybridized carbons (Fsp3) is 0.438. The summed E-state index contributed by atoms with van der Waals surface area (Å²) in [7, 11) is 0. The molecule has 0 amide bonds. The molecule has 25 heavy (non-hydrogen) atoms. The van der Waals surface area contributed by atoms with Gasteiger partial charge in [-0.2, -0.15) is 18.3 Å². The molecule has 0 spiro atoms. The molecular weight excluding hydrogens is 355 g/mol. The van der Waals surface area contributed by atoms with Gasteiger partial charge in [0.15, 0.2) is 5.82 Å². The van der Waals surface area contributed by atoms with Gasteiger partial charge < -0.3 is 9.80 Å². The van der Waals surface area contributed by atoms with Crippen molar-refractivity contribution in [3.05, 3.63) is 40.7 Å². The lowest BCUT2D eigenvalue weighted by Gasteiger charge is -2.24. The molecule has 1 saturated heterocycles. The Morgan fingerprint density at radius 3 is 2.40 bits per heavy atom. The van der Waals surface area contributed by atoms with Crippen molar-refractivity contribution in [3.8, 4) is 0 Å². The van der Waals surface area contributed by atoms with Gasteiger partial charge in [-0.3, -0.25) is 0 Å². The molecule has 3 rings (SSSR count). The highest BCUT2D eigenvalue weighted by Gasteiger charge is 2.32. The second-order valence-corrected chi connectivity index (χ2v) is 6.29. The van der Waals surface area contributed by atoms with Gasteiger partial charge in [-0.05, 0) is 31.5 Å². The summed E-state index contributed by atoms with van der Waals surface area (Å²) >= 11 is 6.05. The Balaban J connectivity index is 1.74. The van der Waals surface area contributed by atoms with Gasteiger partial charge in [0.1, 0.15) is 5.82 Å². The Hall–Kier alpha value is -2.09. The second-order valence-electron chi connectivity index (χ2n) is 5.89. The van der Waals surface area contributed by atoms with Gasteiger partial charge in [-0.15, -0.1) is 5.10 Å². The van der Waals surface area contributed by atoms with Crippen molar-refractivity contribution in [2.24, 2.45) is 0 Å². The van der Waals surface area contributed by atoms with E-state index in [9.17, 15) is 13.2 Å². The van der Waals surface area contributed by atoms with Crippen LogP contribution >= 0.6 is 11.6 Å². The summed E-state index contributed by atoms with van der Waals surface area (Å²) in [5, 5.41) is 8.26. The third-order valence-electron chi connectivity index (χ3n) is 4.05. The van der Waals surface area contributed by atoms with Gasteiger partial charge >= 0.3 is 6.18 Å². The first-order valence-corrected chi connectivity index (χ1v) is 8.25. The molecule has 0 bridgehead atoms. The Morgan fingerprint density at radius 2 is 1.76 bits per heavy atom. The maximum atomic E-state index is 12.7. The molecule has 3 heterocycles. The molecule has 0 aromatic carbocycles. The first kappa shape index (κ1) is 17.7. The highest BCUT2D eigenvalue weighted by atomic mass is 35.5. The SMILES string of the molecule is Cc1ccc(N2CCCN(c3ncc(C(F)(F)F)cc3Cl)CC2)nn1. The van der Waals surface area contributed by atoms with Crippen LogP contribution in [0.2, 0.25) is 5.02 Å². The molecule has 1 aliphatic heterocycles. The van der Waals surface area contributed by atoms with E-state index in [-0.39, 0.29) is 5.02 Å². The topological polar surface area (TPSA) is 45.2 Å². The number of hydrogen-bond donors (Lipinski definition) is 0. The van der Waals surface area contributed by atoms with E-state index in [2.05, 4.69) is 20.1 Å². The number of pyridine rings is 1. The van der Waals surface area contributed by atoms with Crippen LogP contribution in [-0.4, -0.2) is 41.4 Å². The quantitative estimate of drug-likeness (QED) is 0.807. The highest BCUT2D eigenvalue weighted by molar-refractivity contribution is 6.33. The third-order valence-corrected chi connectivity index (χ3v) is 4.33. The summed E-state index contributed by atoms with van der Waals surface area (Å²) in [6.07, 6.45) is -2.81. The summed E-state index contributed by atoms with van der Waals surface area (Å²) in [5.41, 5.74) is 0.00793. The van der Waals surface area contributed by atoms with Gasteiger partial charge in [-0.1, -0.05) is 11.6 Å². The largest absolute Gasteiger partial charge is 0.417 e. The minimum Gasteiger partial charge on any atom is -0.354 e. The average molecular weight is 372 g/mol. The lowest BCUT2D eigenvalue weighted by Crippen LogP contribution is -2.32. The van der Waals surface area contributed by atoms with Crippen molar-refractivity contribution in [2.45, 2.75) is 19.5 Å². The van der Waals surface area contributed by atoms with E-state index < -0.39 is 11.7 Å². The molecule has 0 saturated carbocycles. The smallest absolute Gasteiger partial charge is 0.354 e. The monoisotopic (exact) mass is 371 g/mol. The minimum absolute atomic E-state index is 0.0124. The molecule has 5 nitrogen and oxygen atoms in total. The van der Waals surface area contributed by atoms with E-state index in [1.54, 1.807) is 0 Å². The standard InChI is InChI=1S/C16H17ClF3N5/c1-11-3-4-14(23-22-11)24-5-2-6-25(8-7-24)15-13(17)9-12(10-21-15)16(18,19)20/h3-4,9-10H,2,5-8H2,1H3. The number of aromatic nitrogens is 3. The van der Waals surface area contributed by atoms with E-state index in [1.165, 1.54) is 0 Å². The van der Waals surface area contributed by atoms with E-state index >= 15 is 0 Å². The van der Waals surface area contributed by atoms with Crippen LogP contribution in [0.3, 0.4) is 0 Å². The van der Waals surface area contributed by atoms with Crippen molar-refractivity contribution >= 4 is 23.2 Å². The number of halogens is 4. The summed E-state index contributed by atoms with van der Waals surface area (Å²) in [6.45, 7) is 4.57. The number of aryl methyl sites for hydroxylation is 1. The maximum Gasteiger partial charge on any atom is 0.417 e. The zero-order chi connectivity index (χ0) is 18.0. The first-order chi connectivity index (χ1) is 11.8. The fourth-order valence-electron chi connectivity index (χ4n) is 2.74. The predicted molar refractivity (Wildman–Crippen MR) is 90.1 cm³/mol. The molecule has 1 fully saturated rings. The fourth-order valence-corrected chi connectivity index (χ4v) is 3.02. The molecule has 0 aliphatic carbocycles. The van der Waals surface area contributed by atoms with Crippen LogP contribution in [0, 0.1) is 6.92 Å². The molecule has 1 aliphatic rings. The zero-order valence-electron chi connectivity index (χ0n) is 13.6. The van der Waals surface area contributed by atoms with Crippen molar-refractivity contribution < 1.29 is 13.2 Å². The van der Waals surface area contributed by atoms with Crippen molar-refractivity contribution in [3.63, 3.8) is 0 Å². The molecule has 2 aromatic heterocycles. The number of hydrogen-bond acceptors (Lipinski definition) is 5. The zero-order valence-corrected chi connectivity index (χ0v) is 14.3. The summed E-state index contributed by atoms with van der Waals surface area (Å²) < 4.78 is 38.2. The normalized spacial score (nSPS) is 16.0. The van der Waals surface area contributed by atoms with Gasteiger partial charge in [-0.25, -0.2) is 4.98 Å². The van der Waals surface area contributed by atoms with Crippen molar-refractivity contribution in [1.82, 2.24) is 15.2 Å². The molecule has 0 radical (unpaired) electrons. The van der Waals surface area contributed by atoms with Crippen LogP contribution in [0.5, 0.6) is 0 Å². The summed E-state index contributed by atoms with van der Waals surface area (Å²) in [6, 6.07) is 4.75. The van der Waals surface area contributed by atoms with Crippen LogP contribution in [0.15, 0.2) is 24.4 Å². The molecular formula is C16H17ClF3N5. The lowest BCUT2D eigenvalue weighted by atomic mass is 10.2. The first-order valence-electron chi connectivity index (χ1n) is 7.87. The number of rotatable bonds is 2. The van der Waals surface area contributed by atoms with E-state index in [4.69, 9.17) is 11.6 Å². The molecule has 134 valence electrons. The van der Waals surface area contributed by atoms with E-state index in [0.717, 1.165) is 36.7 Å². The van der Waals surface area contributed by atoms with Crippen LogP contribution in [0.1, 0.15) is 17.7 Å². The van der Waals surface area contributed by atoms with Crippen molar-refractivity contribution in [2.75, 3.05) is 36.0 Å². The summed E-state index contributed by atoms with van der Waals surface area (Å²) in [5.74, 6) is 1.17. The molecule has 2 aromatic rings. The lowest BCUT2D eigenvalue weighted by molar-refractivity contribution is -0.137. The second kappa shape index (κ2) is 7.03. The number of anilines is 2. The van der Waals surface area contributed by atoms with Crippen molar-refractivity contribution in [1.29, 1.82) is 0 Å². The molecule has 0 unspecified atom stereocenters. The highest BCUT2D eigenvalue weighted by Crippen LogP contribution is 2.33. The van der Waals surface area contributed by atoms with Crippen LogP contribution in [0.25, 0.3) is 0 Å². The van der Waals surface area contributed by atoms with E-state index in [0.29, 0.717) is 25.5 Å². The van der Waals surface area contributed by atoms with Gasteiger partial charge in [0.25, 0.3) is 0 Å². The van der Waals surface area contributed by atoms with Crippen LogP contribution in [0.4, 0.5) is 24.8 Å². The molecule has 0 atom stereocenters. The predicted octanol–water partition coefficient (Wildman–Crippen LogP) is 3.57. The maximum absolute atomic E-state index is 12.7. The van der Waals surface area contributed by atoms with Crippen LogP contribution in [-0.2, 0) is 6.18 Å². The Morgan fingerprint density at radius 1 is 1.04 bits per heavy atom. The number of nitrogens with zero attached hydrogens (tertiary/aromatic N) is 5. The Labute approximate surface area is 148 Å². The third kappa shape index (κ3) is 4.12. The minimum atomic E-state index is -4.45. The van der Waals surface area contributed by atoms with Gasteiger partial charge in [0.2, 0.25) is 0 Å². The van der Waals surface area contributed by atoms with Gasteiger partial charge in [0.05, 0.1) is 16.3 Å². The van der Waals surface area contributed by atoms with Gasteiger partial charge in [0, 0.05) is 32.4 Å². The van der Waals surface area contributed by atoms with Crippen LogP contribution < -0.4 is 9.80 Å².